The first kappa shape index (κ1) is 22.9. The minimum absolute atomic E-state index is 0.109. The van der Waals surface area contributed by atoms with E-state index in [0.717, 1.165) is 11.1 Å². The molecule has 172 valence electrons. The maximum atomic E-state index is 13.0. The first-order valence-electron chi connectivity index (χ1n) is 10.7. The second kappa shape index (κ2) is 8.92. The monoisotopic (exact) mass is 466 g/mol. The number of piperazine rings is 1. The number of aromatic nitrogens is 2. The smallest absolute Gasteiger partial charge is 0.271 e. The van der Waals surface area contributed by atoms with Crippen LogP contribution in [0.1, 0.15) is 28.4 Å². The van der Waals surface area contributed by atoms with Crippen LogP contribution in [-0.2, 0) is 10.0 Å². The molecule has 4 rings (SSSR count). The topological polar surface area (TPSA) is 92.6 Å². The van der Waals surface area contributed by atoms with Crippen molar-refractivity contribution in [3.63, 3.8) is 0 Å². The summed E-state index contributed by atoms with van der Waals surface area (Å²) in [7, 11) is -3.66. The zero-order valence-electron chi connectivity index (χ0n) is 18.9. The quantitative estimate of drug-likeness (QED) is 0.537. The maximum Gasteiger partial charge on any atom is 0.271 e. The van der Waals surface area contributed by atoms with Crippen molar-refractivity contribution < 1.29 is 13.2 Å². The van der Waals surface area contributed by atoms with Crippen LogP contribution in [0.5, 0.6) is 0 Å². The van der Waals surface area contributed by atoms with Crippen molar-refractivity contribution in [2.75, 3.05) is 31.1 Å². The third-order valence-electron chi connectivity index (χ3n) is 5.98. The zero-order valence-corrected chi connectivity index (χ0v) is 19.7. The molecule has 0 aliphatic carbocycles. The van der Waals surface area contributed by atoms with Crippen LogP contribution >= 0.6 is 0 Å². The number of nitrogens with zero attached hydrogens (tertiary/aromatic N) is 4. The number of hydrogen-bond donors (Lipinski definition) is 0. The van der Waals surface area contributed by atoms with Gasteiger partial charge in [0.15, 0.2) is 5.78 Å². The summed E-state index contributed by atoms with van der Waals surface area (Å²) in [5, 5.41) is 4.54. The van der Waals surface area contributed by atoms with Gasteiger partial charge in [-0.05, 0) is 62.2 Å². The normalized spacial score (nSPS) is 14.9. The molecule has 1 aliphatic rings. The molecule has 3 aromatic rings. The Bertz CT molecular complexity index is 1360. The third-order valence-corrected chi connectivity index (χ3v) is 7.90. The van der Waals surface area contributed by atoms with Crippen molar-refractivity contribution in [1.82, 2.24) is 14.1 Å². The summed E-state index contributed by atoms with van der Waals surface area (Å²) in [6.07, 6.45) is 0. The molecule has 1 aromatic heterocycles. The van der Waals surface area contributed by atoms with Crippen LogP contribution in [0.25, 0.3) is 5.69 Å². The summed E-state index contributed by atoms with van der Waals surface area (Å²) in [6.45, 7) is 6.92. The van der Waals surface area contributed by atoms with E-state index < -0.39 is 10.0 Å². The predicted octanol–water partition coefficient (Wildman–Crippen LogP) is 2.56. The van der Waals surface area contributed by atoms with Crippen LogP contribution in [0, 0.1) is 13.8 Å². The lowest BCUT2D eigenvalue weighted by molar-refractivity contribution is 0.101. The number of Topliss-reactive ketones (excluding diaryl/α,β-unsaturated/α-hetero) is 1. The van der Waals surface area contributed by atoms with Crippen molar-refractivity contribution in [3.05, 3.63) is 81.6 Å². The number of sulfonamides is 1. The van der Waals surface area contributed by atoms with Crippen molar-refractivity contribution in [3.8, 4) is 5.69 Å². The molecule has 0 amide bonds. The van der Waals surface area contributed by atoms with Gasteiger partial charge in [0.1, 0.15) is 5.82 Å². The minimum Gasteiger partial charge on any atom is -0.353 e. The van der Waals surface area contributed by atoms with Crippen molar-refractivity contribution in [2.45, 2.75) is 25.7 Å². The lowest BCUT2D eigenvalue weighted by Gasteiger charge is -2.34. The Labute approximate surface area is 193 Å². The fourth-order valence-corrected chi connectivity index (χ4v) is 5.20. The molecular formula is C24H26N4O4S. The number of benzene rings is 2. The highest BCUT2D eigenvalue weighted by Crippen LogP contribution is 2.21. The largest absolute Gasteiger partial charge is 0.353 e. The average molecular weight is 467 g/mol. The third kappa shape index (κ3) is 4.60. The maximum absolute atomic E-state index is 13.0. The van der Waals surface area contributed by atoms with Gasteiger partial charge in [0.2, 0.25) is 10.0 Å². The van der Waals surface area contributed by atoms with E-state index in [2.05, 4.69) is 5.10 Å². The first-order chi connectivity index (χ1) is 15.7. The van der Waals surface area contributed by atoms with Crippen LogP contribution in [0.2, 0.25) is 0 Å². The number of carbonyl (C=O) groups excluding carboxylic acids is 1. The lowest BCUT2D eigenvalue weighted by atomic mass is 10.1. The van der Waals surface area contributed by atoms with E-state index in [4.69, 9.17) is 0 Å². The van der Waals surface area contributed by atoms with E-state index >= 15 is 0 Å². The van der Waals surface area contributed by atoms with Crippen molar-refractivity contribution >= 4 is 21.6 Å². The van der Waals surface area contributed by atoms with Gasteiger partial charge in [0.05, 0.1) is 10.6 Å². The molecule has 0 unspecified atom stereocenters. The fourth-order valence-electron chi connectivity index (χ4n) is 3.78. The second-order valence-electron chi connectivity index (χ2n) is 8.18. The van der Waals surface area contributed by atoms with Gasteiger partial charge in [-0.3, -0.25) is 9.59 Å². The SMILES string of the molecule is CC(=O)c1ccc(S(=O)(=O)N2CCN(c3ccc(=O)n(-c4ccc(C)c(C)c4)n3)CC2)cc1. The zero-order chi connectivity index (χ0) is 23.8. The highest BCUT2D eigenvalue weighted by Gasteiger charge is 2.29. The molecule has 0 bridgehead atoms. The molecule has 33 heavy (non-hydrogen) atoms. The summed E-state index contributed by atoms with van der Waals surface area (Å²) in [4.78, 5) is 26.0. The van der Waals surface area contributed by atoms with E-state index in [9.17, 15) is 18.0 Å². The standard InChI is InChI=1S/C24H26N4O4S/c1-17-4-7-21(16-18(17)2)28-24(30)11-10-23(25-28)26-12-14-27(15-13-26)33(31,32)22-8-5-20(6-9-22)19(3)29/h4-11,16H,12-15H2,1-3H3. The molecule has 0 radical (unpaired) electrons. The van der Waals surface area contributed by atoms with Gasteiger partial charge in [0.25, 0.3) is 5.56 Å². The van der Waals surface area contributed by atoms with Gasteiger partial charge < -0.3 is 4.90 Å². The van der Waals surface area contributed by atoms with Crippen LogP contribution in [0.3, 0.4) is 0 Å². The highest BCUT2D eigenvalue weighted by molar-refractivity contribution is 7.89. The molecule has 2 heterocycles. The van der Waals surface area contributed by atoms with Gasteiger partial charge in [-0.1, -0.05) is 18.2 Å². The first-order valence-corrected chi connectivity index (χ1v) is 12.1. The summed E-state index contributed by atoms with van der Waals surface area (Å²) in [5.41, 5.74) is 3.15. The average Bonchev–Trinajstić information content (AvgIpc) is 2.81. The van der Waals surface area contributed by atoms with Crippen LogP contribution in [-0.4, -0.2) is 54.5 Å². The van der Waals surface area contributed by atoms with E-state index in [1.165, 1.54) is 46.2 Å². The van der Waals surface area contributed by atoms with Gasteiger partial charge >= 0.3 is 0 Å². The highest BCUT2D eigenvalue weighted by atomic mass is 32.2. The van der Waals surface area contributed by atoms with Crippen LogP contribution < -0.4 is 10.5 Å². The predicted molar refractivity (Wildman–Crippen MR) is 127 cm³/mol. The molecule has 8 nitrogen and oxygen atoms in total. The molecule has 0 saturated carbocycles. The summed E-state index contributed by atoms with van der Waals surface area (Å²) >= 11 is 0. The number of rotatable bonds is 5. The number of anilines is 1. The number of aryl methyl sites for hydroxylation is 2. The molecule has 0 atom stereocenters. The Morgan fingerprint density at radius 3 is 2.15 bits per heavy atom. The fraction of sp³-hybridized carbons (Fsp3) is 0.292. The molecule has 1 fully saturated rings. The molecular weight excluding hydrogens is 440 g/mol. The Hall–Kier alpha value is -3.30. The number of carbonyl (C=O) groups is 1. The molecule has 1 saturated heterocycles. The van der Waals surface area contributed by atoms with Crippen LogP contribution in [0.4, 0.5) is 5.82 Å². The van der Waals surface area contributed by atoms with E-state index in [-0.39, 0.29) is 16.2 Å². The van der Waals surface area contributed by atoms with E-state index in [1.54, 1.807) is 6.07 Å². The Morgan fingerprint density at radius 1 is 0.879 bits per heavy atom. The summed E-state index contributed by atoms with van der Waals surface area (Å²) < 4.78 is 28.8. The number of hydrogen-bond acceptors (Lipinski definition) is 6. The summed E-state index contributed by atoms with van der Waals surface area (Å²) in [6, 6.07) is 14.9. The molecule has 1 aliphatic heterocycles. The van der Waals surface area contributed by atoms with Crippen molar-refractivity contribution in [2.24, 2.45) is 0 Å². The second-order valence-corrected chi connectivity index (χ2v) is 10.1. The lowest BCUT2D eigenvalue weighted by Crippen LogP contribution is -2.49. The Morgan fingerprint density at radius 2 is 1.55 bits per heavy atom. The van der Waals surface area contributed by atoms with Gasteiger partial charge in [-0.15, -0.1) is 5.10 Å². The van der Waals surface area contributed by atoms with Gasteiger partial charge in [0, 0.05) is 37.8 Å². The molecule has 2 aromatic carbocycles. The van der Waals surface area contributed by atoms with Crippen LogP contribution in [0.15, 0.2) is 64.3 Å². The van der Waals surface area contributed by atoms with Gasteiger partial charge in [-0.25, -0.2) is 8.42 Å². The van der Waals surface area contributed by atoms with Crippen molar-refractivity contribution in [1.29, 1.82) is 0 Å². The molecule has 0 N–H and O–H groups in total. The van der Waals surface area contributed by atoms with Gasteiger partial charge in [-0.2, -0.15) is 8.99 Å². The number of ketones is 1. The molecule has 0 spiro atoms. The Balaban J connectivity index is 1.51. The summed E-state index contributed by atoms with van der Waals surface area (Å²) in [5.74, 6) is 0.512. The Kier molecular flexibility index (Phi) is 6.18. The van der Waals surface area contributed by atoms with E-state index in [1.807, 2.05) is 36.9 Å². The van der Waals surface area contributed by atoms with E-state index in [0.29, 0.717) is 43.2 Å². The molecule has 9 heteroatoms. The minimum atomic E-state index is -3.66.